The highest BCUT2D eigenvalue weighted by Crippen LogP contribution is 2.50. The van der Waals surface area contributed by atoms with Gasteiger partial charge in [-0.1, -0.05) is 0 Å². The van der Waals surface area contributed by atoms with Gasteiger partial charge in [0.05, 0.1) is 0 Å². The molecule has 0 radical (unpaired) electrons. The van der Waals surface area contributed by atoms with Crippen LogP contribution in [-0.4, -0.2) is 49.1 Å². The van der Waals surface area contributed by atoms with Crippen molar-refractivity contribution in [3.05, 3.63) is 0 Å². The van der Waals surface area contributed by atoms with E-state index in [1.807, 2.05) is 0 Å². The van der Waals surface area contributed by atoms with Crippen LogP contribution in [0.4, 0.5) is 0 Å². The Morgan fingerprint density at radius 1 is 1.31 bits per heavy atom. The highest BCUT2D eigenvalue weighted by molar-refractivity contribution is 5.10. The summed E-state index contributed by atoms with van der Waals surface area (Å²) in [4.78, 5) is 5.01. The molecule has 0 amide bonds. The van der Waals surface area contributed by atoms with Gasteiger partial charge in [0.2, 0.25) is 0 Å². The average Bonchev–Trinajstić information content (AvgIpc) is 1.78. The molecule has 1 saturated carbocycles. The van der Waals surface area contributed by atoms with Crippen LogP contribution in [0.2, 0.25) is 0 Å². The van der Waals surface area contributed by atoms with Gasteiger partial charge in [-0.05, 0) is 40.8 Å². The molecule has 2 heteroatoms. The first-order valence-electron chi connectivity index (χ1n) is 5.46. The summed E-state index contributed by atoms with van der Waals surface area (Å²) in [5.74, 6) is 0. The molecule has 2 fully saturated rings. The first kappa shape index (κ1) is 9.47. The molecule has 0 N–H and O–H groups in total. The lowest BCUT2D eigenvalue weighted by Crippen LogP contribution is -2.70. The zero-order chi connectivity index (χ0) is 9.64. The van der Waals surface area contributed by atoms with Crippen molar-refractivity contribution in [3.63, 3.8) is 0 Å². The second kappa shape index (κ2) is 2.96. The van der Waals surface area contributed by atoms with Crippen molar-refractivity contribution in [1.82, 2.24) is 9.80 Å². The van der Waals surface area contributed by atoms with Crippen LogP contribution in [0.25, 0.3) is 0 Å². The molecule has 1 saturated heterocycles. The Morgan fingerprint density at radius 3 is 2.23 bits per heavy atom. The summed E-state index contributed by atoms with van der Waals surface area (Å²) in [6.07, 6.45) is 2.87. The van der Waals surface area contributed by atoms with Crippen LogP contribution >= 0.6 is 0 Å². The predicted molar refractivity (Wildman–Crippen MR) is 55.9 cm³/mol. The summed E-state index contributed by atoms with van der Waals surface area (Å²) in [5, 5.41) is 0. The van der Waals surface area contributed by atoms with Crippen LogP contribution < -0.4 is 0 Å². The molecule has 0 aromatic heterocycles. The summed E-state index contributed by atoms with van der Waals surface area (Å²) in [6, 6.07) is 1.61. The molecule has 1 atom stereocenters. The van der Waals surface area contributed by atoms with E-state index in [1.54, 1.807) is 0 Å². The first-order valence-corrected chi connectivity index (χ1v) is 5.46. The molecule has 13 heavy (non-hydrogen) atoms. The zero-order valence-electron chi connectivity index (χ0n) is 9.38. The highest BCUT2D eigenvalue weighted by Gasteiger charge is 2.55. The van der Waals surface area contributed by atoms with Crippen LogP contribution in [0.15, 0.2) is 0 Å². The van der Waals surface area contributed by atoms with Crippen molar-refractivity contribution in [3.8, 4) is 0 Å². The lowest BCUT2D eigenvalue weighted by molar-refractivity contribution is -0.131. The maximum absolute atomic E-state index is 2.59. The maximum atomic E-state index is 2.59. The van der Waals surface area contributed by atoms with E-state index in [-0.39, 0.29) is 0 Å². The van der Waals surface area contributed by atoms with E-state index >= 15 is 0 Å². The van der Waals surface area contributed by atoms with Crippen molar-refractivity contribution in [2.24, 2.45) is 5.41 Å². The molecule has 0 aromatic rings. The molecule has 0 aromatic carbocycles. The second-order valence-electron chi connectivity index (χ2n) is 5.38. The smallest absolute Gasteiger partial charge is 0.0170 e. The van der Waals surface area contributed by atoms with E-state index in [9.17, 15) is 0 Å². The Bertz CT molecular complexity index is 192. The monoisotopic (exact) mass is 182 g/mol. The largest absolute Gasteiger partial charge is 0.306 e. The molecular weight excluding hydrogens is 160 g/mol. The third-order valence-corrected chi connectivity index (χ3v) is 4.01. The van der Waals surface area contributed by atoms with E-state index in [2.05, 4.69) is 37.7 Å². The summed E-state index contributed by atoms with van der Waals surface area (Å²) in [6.45, 7) is 7.29. The van der Waals surface area contributed by atoms with Crippen molar-refractivity contribution < 1.29 is 0 Å². The number of hydrogen-bond acceptors (Lipinski definition) is 2. The Hall–Kier alpha value is -0.0800. The van der Waals surface area contributed by atoms with Gasteiger partial charge in [-0.2, -0.15) is 0 Å². The SMILES string of the molecule is CC(C)N1CC2(CCC2N(C)C)C1. The Balaban J connectivity index is 1.90. The fourth-order valence-electron chi connectivity index (χ4n) is 2.98. The van der Waals surface area contributed by atoms with E-state index in [0.29, 0.717) is 5.41 Å². The third kappa shape index (κ3) is 1.31. The van der Waals surface area contributed by atoms with Crippen molar-refractivity contribution in [1.29, 1.82) is 0 Å². The van der Waals surface area contributed by atoms with Gasteiger partial charge < -0.3 is 4.90 Å². The van der Waals surface area contributed by atoms with E-state index in [0.717, 1.165) is 12.1 Å². The van der Waals surface area contributed by atoms with E-state index in [4.69, 9.17) is 0 Å². The van der Waals surface area contributed by atoms with E-state index in [1.165, 1.54) is 25.9 Å². The molecular formula is C11H22N2. The van der Waals surface area contributed by atoms with Crippen LogP contribution in [0.1, 0.15) is 26.7 Å². The van der Waals surface area contributed by atoms with Crippen molar-refractivity contribution in [2.75, 3.05) is 27.2 Å². The predicted octanol–water partition coefficient (Wildman–Crippen LogP) is 1.42. The van der Waals surface area contributed by atoms with Gasteiger partial charge in [-0.25, -0.2) is 0 Å². The summed E-state index contributed by atoms with van der Waals surface area (Å²) >= 11 is 0. The standard InChI is InChI=1S/C11H22N2/c1-9(2)13-7-11(8-13)6-5-10(11)12(3)4/h9-10H,5-8H2,1-4H3. The molecule has 0 bridgehead atoms. The fourth-order valence-corrected chi connectivity index (χ4v) is 2.98. The molecule has 1 unspecified atom stereocenters. The van der Waals surface area contributed by atoms with Crippen LogP contribution in [-0.2, 0) is 0 Å². The normalized spacial score (nSPS) is 32.3. The number of likely N-dealkylation sites (tertiary alicyclic amines) is 1. The second-order valence-corrected chi connectivity index (χ2v) is 5.38. The average molecular weight is 182 g/mol. The number of nitrogens with zero attached hydrogens (tertiary/aromatic N) is 2. The Kier molecular flexibility index (Phi) is 2.16. The summed E-state index contributed by atoms with van der Waals surface area (Å²) in [7, 11) is 4.45. The molecule has 1 spiro atoms. The van der Waals surface area contributed by atoms with Crippen LogP contribution in [0.3, 0.4) is 0 Å². The fraction of sp³-hybridized carbons (Fsp3) is 1.00. The first-order chi connectivity index (χ1) is 6.05. The molecule has 2 aliphatic rings. The van der Waals surface area contributed by atoms with Crippen LogP contribution in [0.5, 0.6) is 0 Å². The van der Waals surface area contributed by atoms with Crippen LogP contribution in [0, 0.1) is 5.41 Å². The van der Waals surface area contributed by atoms with Gasteiger partial charge in [-0.3, -0.25) is 4.90 Å². The minimum Gasteiger partial charge on any atom is -0.306 e. The number of rotatable bonds is 2. The van der Waals surface area contributed by atoms with E-state index < -0.39 is 0 Å². The summed E-state index contributed by atoms with van der Waals surface area (Å²) < 4.78 is 0. The lowest BCUT2D eigenvalue weighted by Gasteiger charge is -2.63. The maximum Gasteiger partial charge on any atom is 0.0170 e. The van der Waals surface area contributed by atoms with Gasteiger partial charge in [0.1, 0.15) is 0 Å². The minimum absolute atomic E-state index is 0.688. The van der Waals surface area contributed by atoms with Gasteiger partial charge >= 0.3 is 0 Å². The van der Waals surface area contributed by atoms with Gasteiger partial charge in [0, 0.05) is 30.6 Å². The minimum atomic E-state index is 0.688. The molecule has 2 rings (SSSR count). The quantitative estimate of drug-likeness (QED) is 0.637. The molecule has 1 aliphatic carbocycles. The molecule has 1 heterocycles. The molecule has 76 valence electrons. The highest BCUT2D eigenvalue weighted by atomic mass is 15.3. The zero-order valence-corrected chi connectivity index (χ0v) is 9.38. The topological polar surface area (TPSA) is 6.48 Å². The molecule has 2 nitrogen and oxygen atoms in total. The van der Waals surface area contributed by atoms with Gasteiger partial charge in [-0.15, -0.1) is 0 Å². The van der Waals surface area contributed by atoms with Gasteiger partial charge in [0.25, 0.3) is 0 Å². The molecule has 1 aliphatic heterocycles. The lowest BCUT2D eigenvalue weighted by atomic mass is 9.59. The summed E-state index contributed by atoms with van der Waals surface area (Å²) in [5.41, 5.74) is 0.688. The van der Waals surface area contributed by atoms with Crippen molar-refractivity contribution >= 4 is 0 Å². The Labute approximate surface area is 81.9 Å². The van der Waals surface area contributed by atoms with Gasteiger partial charge in [0.15, 0.2) is 0 Å². The van der Waals surface area contributed by atoms with Crippen molar-refractivity contribution in [2.45, 2.75) is 38.8 Å². The third-order valence-electron chi connectivity index (χ3n) is 4.01. The Morgan fingerprint density at radius 2 is 1.92 bits per heavy atom. The number of hydrogen-bond donors (Lipinski definition) is 0.